The first-order valence-corrected chi connectivity index (χ1v) is 3.97. The van der Waals surface area contributed by atoms with Crippen molar-refractivity contribution < 1.29 is 13.9 Å². The summed E-state index contributed by atoms with van der Waals surface area (Å²) in [6, 6.07) is 3.96. The van der Waals surface area contributed by atoms with Crippen LogP contribution in [-0.4, -0.2) is 19.6 Å². The number of hydrogen-bond acceptors (Lipinski definition) is 3. The summed E-state index contributed by atoms with van der Waals surface area (Å²) in [5.74, 6) is -0.944. The molecule has 0 unspecified atom stereocenters. The molecule has 0 heterocycles. The number of carbonyl (C=O) groups is 1. The highest BCUT2D eigenvalue weighted by molar-refractivity contribution is 5.92. The zero-order valence-corrected chi connectivity index (χ0v) is 7.71. The Morgan fingerprint density at radius 3 is 3.00 bits per heavy atom. The zero-order chi connectivity index (χ0) is 10.6. The Kier molecular flexibility index (Phi) is 3.41. The van der Waals surface area contributed by atoms with Gasteiger partial charge in [-0.2, -0.15) is 0 Å². The van der Waals surface area contributed by atoms with E-state index in [1.165, 1.54) is 25.3 Å². The Bertz CT molecular complexity index is 342. The van der Waals surface area contributed by atoms with E-state index in [1.54, 1.807) is 0 Å². The molecule has 0 radical (unpaired) electrons. The summed E-state index contributed by atoms with van der Waals surface area (Å²) in [5, 5.41) is 2.33. The predicted octanol–water partition coefficient (Wildman–Crippen LogP) is 0.993. The van der Waals surface area contributed by atoms with Crippen LogP contribution in [0.3, 0.4) is 0 Å². The van der Waals surface area contributed by atoms with E-state index in [2.05, 4.69) is 10.1 Å². The van der Waals surface area contributed by atoms with Gasteiger partial charge in [0.2, 0.25) is 5.91 Å². The topological polar surface area (TPSA) is 64.3 Å². The fraction of sp³-hybridized carbons (Fsp3) is 0.222. The molecule has 0 aliphatic rings. The number of nitrogens with one attached hydrogen (secondary N) is 1. The van der Waals surface area contributed by atoms with Crippen LogP contribution < -0.4 is 11.1 Å². The second-order valence-corrected chi connectivity index (χ2v) is 2.72. The van der Waals surface area contributed by atoms with Gasteiger partial charge in [0.1, 0.15) is 12.4 Å². The molecule has 76 valence electrons. The van der Waals surface area contributed by atoms with Crippen LogP contribution in [0.15, 0.2) is 18.2 Å². The van der Waals surface area contributed by atoms with Crippen molar-refractivity contribution in [1.82, 2.24) is 0 Å². The predicted molar refractivity (Wildman–Crippen MR) is 51.3 cm³/mol. The maximum atomic E-state index is 13.1. The molecule has 0 bridgehead atoms. The van der Waals surface area contributed by atoms with E-state index in [0.29, 0.717) is 5.69 Å². The van der Waals surface area contributed by atoms with Gasteiger partial charge in [0.05, 0.1) is 5.69 Å². The Hall–Kier alpha value is -1.62. The largest absolute Gasteiger partial charge is 0.399 e. The van der Waals surface area contributed by atoms with E-state index >= 15 is 0 Å². The van der Waals surface area contributed by atoms with Gasteiger partial charge >= 0.3 is 0 Å². The first kappa shape index (κ1) is 10.5. The molecule has 1 aromatic rings. The first-order valence-electron chi connectivity index (χ1n) is 3.97. The Morgan fingerprint density at radius 1 is 1.64 bits per heavy atom. The number of amides is 1. The van der Waals surface area contributed by atoms with Crippen LogP contribution in [0.25, 0.3) is 0 Å². The smallest absolute Gasteiger partial charge is 0.250 e. The van der Waals surface area contributed by atoms with Crippen LogP contribution in [0.1, 0.15) is 0 Å². The van der Waals surface area contributed by atoms with Crippen molar-refractivity contribution in [2.24, 2.45) is 0 Å². The van der Waals surface area contributed by atoms with Gasteiger partial charge in [0.25, 0.3) is 0 Å². The Balaban J connectivity index is 2.75. The highest BCUT2D eigenvalue weighted by Crippen LogP contribution is 2.16. The molecule has 4 nitrogen and oxygen atoms in total. The third-order valence-electron chi connectivity index (χ3n) is 1.54. The quantitative estimate of drug-likeness (QED) is 0.712. The second-order valence-electron chi connectivity index (χ2n) is 2.72. The van der Waals surface area contributed by atoms with E-state index in [-0.39, 0.29) is 12.3 Å². The molecule has 0 aliphatic heterocycles. The normalized spacial score (nSPS) is 9.86. The van der Waals surface area contributed by atoms with Crippen molar-refractivity contribution in [2.45, 2.75) is 0 Å². The monoisotopic (exact) mass is 198 g/mol. The lowest BCUT2D eigenvalue weighted by atomic mass is 10.2. The van der Waals surface area contributed by atoms with Crippen molar-refractivity contribution in [3.05, 3.63) is 24.0 Å². The van der Waals surface area contributed by atoms with Gasteiger partial charge < -0.3 is 15.8 Å². The van der Waals surface area contributed by atoms with Crippen LogP contribution in [-0.2, 0) is 9.53 Å². The van der Waals surface area contributed by atoms with Crippen LogP contribution in [0.4, 0.5) is 15.8 Å². The van der Waals surface area contributed by atoms with E-state index < -0.39 is 11.7 Å². The number of nitrogen functional groups attached to an aromatic ring is 1. The minimum atomic E-state index is -0.524. The summed E-state index contributed by atoms with van der Waals surface area (Å²) in [7, 11) is 1.38. The maximum Gasteiger partial charge on any atom is 0.250 e. The molecular weight excluding hydrogens is 187 g/mol. The molecule has 0 aliphatic carbocycles. The van der Waals surface area contributed by atoms with Crippen molar-refractivity contribution in [3.63, 3.8) is 0 Å². The molecule has 0 saturated heterocycles. The summed E-state index contributed by atoms with van der Waals surface area (Å²) < 4.78 is 17.6. The fourth-order valence-corrected chi connectivity index (χ4v) is 0.956. The molecule has 14 heavy (non-hydrogen) atoms. The number of methoxy groups -OCH3 is 1. The Labute approximate surface area is 80.9 Å². The molecule has 0 saturated carbocycles. The van der Waals surface area contributed by atoms with Crippen LogP contribution in [0, 0.1) is 5.82 Å². The Morgan fingerprint density at radius 2 is 2.36 bits per heavy atom. The van der Waals surface area contributed by atoms with E-state index in [4.69, 9.17) is 5.73 Å². The minimum absolute atomic E-state index is 0.0621. The van der Waals surface area contributed by atoms with Gasteiger partial charge in [0, 0.05) is 12.8 Å². The number of halogens is 1. The fourth-order valence-electron chi connectivity index (χ4n) is 0.956. The number of carbonyl (C=O) groups excluding carboxylic acids is 1. The number of anilines is 2. The van der Waals surface area contributed by atoms with Gasteiger partial charge in [-0.15, -0.1) is 0 Å². The van der Waals surface area contributed by atoms with Gasteiger partial charge in [-0.25, -0.2) is 4.39 Å². The number of nitrogens with two attached hydrogens (primary N) is 1. The molecule has 1 rings (SSSR count). The molecule has 0 fully saturated rings. The number of rotatable bonds is 3. The maximum absolute atomic E-state index is 13.1. The molecule has 0 atom stereocenters. The van der Waals surface area contributed by atoms with Crippen molar-refractivity contribution in [2.75, 3.05) is 24.8 Å². The summed E-state index contributed by atoms with van der Waals surface area (Å²) >= 11 is 0. The van der Waals surface area contributed by atoms with Crippen LogP contribution in [0.5, 0.6) is 0 Å². The lowest BCUT2D eigenvalue weighted by molar-refractivity contribution is -0.119. The van der Waals surface area contributed by atoms with E-state index in [1.807, 2.05) is 0 Å². The molecule has 0 spiro atoms. The minimum Gasteiger partial charge on any atom is -0.399 e. The number of benzene rings is 1. The third-order valence-corrected chi connectivity index (χ3v) is 1.54. The second kappa shape index (κ2) is 4.57. The SMILES string of the molecule is COCC(=O)Nc1cc(N)ccc1F. The summed E-state index contributed by atoms with van der Waals surface area (Å²) in [4.78, 5) is 11.0. The molecule has 3 N–H and O–H groups in total. The van der Waals surface area contributed by atoms with Crippen molar-refractivity contribution in [1.29, 1.82) is 0 Å². The standard InChI is InChI=1S/C9H11FN2O2/c1-14-5-9(13)12-8-4-6(11)2-3-7(8)10/h2-4H,5,11H2,1H3,(H,12,13). The lowest BCUT2D eigenvalue weighted by Gasteiger charge is -2.06. The average Bonchev–Trinajstić information content (AvgIpc) is 2.12. The molecule has 1 amide bonds. The highest BCUT2D eigenvalue weighted by Gasteiger charge is 2.06. The lowest BCUT2D eigenvalue weighted by Crippen LogP contribution is -2.18. The van der Waals surface area contributed by atoms with Crippen molar-refractivity contribution in [3.8, 4) is 0 Å². The highest BCUT2D eigenvalue weighted by atomic mass is 19.1. The molecule has 1 aromatic carbocycles. The van der Waals surface area contributed by atoms with Gasteiger partial charge in [-0.05, 0) is 18.2 Å². The van der Waals surface area contributed by atoms with Gasteiger partial charge in [-0.3, -0.25) is 4.79 Å². The third kappa shape index (κ3) is 2.70. The summed E-state index contributed by atoms with van der Waals surface area (Å²) in [6.07, 6.45) is 0. The van der Waals surface area contributed by atoms with Crippen molar-refractivity contribution >= 4 is 17.3 Å². The first-order chi connectivity index (χ1) is 6.63. The summed E-state index contributed by atoms with van der Waals surface area (Å²) in [5.41, 5.74) is 5.88. The summed E-state index contributed by atoms with van der Waals surface area (Å²) in [6.45, 7) is -0.117. The van der Waals surface area contributed by atoms with Gasteiger partial charge in [-0.1, -0.05) is 0 Å². The van der Waals surface area contributed by atoms with Crippen LogP contribution >= 0.6 is 0 Å². The molecule has 5 heteroatoms. The number of hydrogen-bond donors (Lipinski definition) is 2. The number of ether oxygens (including phenoxy) is 1. The van der Waals surface area contributed by atoms with E-state index in [0.717, 1.165) is 0 Å². The van der Waals surface area contributed by atoms with E-state index in [9.17, 15) is 9.18 Å². The van der Waals surface area contributed by atoms with Crippen LogP contribution in [0.2, 0.25) is 0 Å². The zero-order valence-electron chi connectivity index (χ0n) is 7.71. The molecule has 0 aromatic heterocycles. The average molecular weight is 198 g/mol. The molecular formula is C9H11FN2O2. The van der Waals surface area contributed by atoms with Gasteiger partial charge in [0.15, 0.2) is 0 Å².